The molecule has 73 heavy (non-hydrogen) atoms. The molecule has 0 aliphatic heterocycles. The van der Waals surface area contributed by atoms with E-state index in [0.717, 1.165) is 39.3 Å². The van der Waals surface area contributed by atoms with E-state index < -0.39 is 10.8 Å². The first-order valence-corrected chi connectivity index (χ1v) is 25.3. The van der Waals surface area contributed by atoms with E-state index in [1.807, 2.05) is 0 Å². The summed E-state index contributed by atoms with van der Waals surface area (Å²) in [7, 11) is 0. The number of para-hydroxylation sites is 2. The van der Waals surface area contributed by atoms with Gasteiger partial charge in [-0.05, 0) is 133 Å². The Bertz CT molecular complexity index is 3860. The second-order valence-electron chi connectivity index (χ2n) is 19.2. The average molecular weight is 932 g/mol. The molecule has 0 amide bonds. The van der Waals surface area contributed by atoms with Crippen molar-refractivity contribution in [1.82, 2.24) is 4.68 Å². The van der Waals surface area contributed by atoms with E-state index >= 15 is 0 Å². The topological polar surface area (TPSA) is 11.4 Å². The van der Waals surface area contributed by atoms with Crippen LogP contribution in [0.4, 0.5) is 28.4 Å². The summed E-state index contributed by atoms with van der Waals surface area (Å²) in [6.07, 6.45) is 2.20. The molecule has 0 radical (unpaired) electrons. The van der Waals surface area contributed by atoms with Crippen LogP contribution in [0.15, 0.2) is 297 Å². The number of rotatable bonds is 10. The van der Waals surface area contributed by atoms with Crippen LogP contribution in [0.3, 0.4) is 0 Å². The van der Waals surface area contributed by atoms with Gasteiger partial charge in [-0.15, -0.1) is 0 Å². The summed E-state index contributed by atoms with van der Waals surface area (Å²) in [4.78, 5) is 2.38. The number of benzene rings is 11. The second kappa shape index (κ2) is 17.2. The minimum absolute atomic E-state index is 0.475. The number of nitrogens with zero attached hydrogens (tertiary/aromatic N) is 3. The molecule has 3 heteroatoms. The number of hydrogen-bond acceptors (Lipinski definition) is 2. The summed E-state index contributed by atoms with van der Waals surface area (Å²) < 4.78 is 2.31. The van der Waals surface area contributed by atoms with Crippen LogP contribution in [0.1, 0.15) is 44.5 Å². The molecule has 0 bridgehead atoms. The molecule has 1 heterocycles. The highest BCUT2D eigenvalue weighted by molar-refractivity contribution is 5.91. The monoisotopic (exact) mass is 931 g/mol. The highest BCUT2D eigenvalue weighted by Gasteiger charge is 2.47. The molecule has 2 aliphatic carbocycles. The van der Waals surface area contributed by atoms with Gasteiger partial charge in [0.1, 0.15) is 0 Å². The van der Waals surface area contributed by atoms with Gasteiger partial charge in [-0.1, -0.05) is 224 Å². The highest BCUT2D eigenvalue weighted by Crippen LogP contribution is 2.58. The Hall–Kier alpha value is -9.44. The number of fused-ring (bicyclic) bond motifs is 7. The quantitative estimate of drug-likeness (QED) is 0.135. The molecule has 0 N–H and O–H groups in total. The summed E-state index contributed by atoms with van der Waals surface area (Å²) in [6.45, 7) is 0. The van der Waals surface area contributed by atoms with Crippen LogP contribution >= 0.6 is 0 Å². The Morgan fingerprint density at radius 2 is 0.589 bits per heavy atom. The molecule has 3 nitrogen and oxygen atoms in total. The van der Waals surface area contributed by atoms with Crippen molar-refractivity contribution in [2.45, 2.75) is 10.8 Å². The van der Waals surface area contributed by atoms with Gasteiger partial charge in [0.05, 0.1) is 27.7 Å². The average Bonchev–Trinajstić information content (AvgIpc) is 4.13. The Labute approximate surface area is 426 Å². The van der Waals surface area contributed by atoms with Gasteiger partial charge in [-0.2, -0.15) is 0 Å². The van der Waals surface area contributed by atoms with Crippen LogP contribution in [0.5, 0.6) is 0 Å². The van der Waals surface area contributed by atoms with Crippen molar-refractivity contribution in [3.05, 3.63) is 342 Å². The van der Waals surface area contributed by atoms with Gasteiger partial charge < -0.3 is 4.90 Å². The summed E-state index contributed by atoms with van der Waals surface area (Å²) in [5.74, 6) is 0. The maximum absolute atomic E-state index is 2.38. The lowest BCUT2D eigenvalue weighted by Gasteiger charge is -2.34. The maximum atomic E-state index is 2.38. The van der Waals surface area contributed by atoms with Crippen molar-refractivity contribution >= 4 is 39.3 Å². The van der Waals surface area contributed by atoms with Crippen LogP contribution in [0.25, 0.3) is 33.2 Å². The van der Waals surface area contributed by atoms with E-state index in [0.29, 0.717) is 0 Å². The molecule has 0 spiro atoms. The zero-order valence-electron chi connectivity index (χ0n) is 40.1. The minimum Gasteiger partial charge on any atom is -0.310 e. The molecule has 0 atom stereocenters. The van der Waals surface area contributed by atoms with E-state index in [-0.39, 0.29) is 0 Å². The summed E-state index contributed by atoms with van der Waals surface area (Å²) >= 11 is 0. The fourth-order valence-electron chi connectivity index (χ4n) is 12.5. The van der Waals surface area contributed by atoms with Gasteiger partial charge in [-0.3, -0.25) is 4.68 Å². The zero-order chi connectivity index (χ0) is 48.3. The third-order valence-corrected chi connectivity index (χ3v) is 15.6. The first-order valence-electron chi connectivity index (χ1n) is 25.3. The van der Waals surface area contributed by atoms with Gasteiger partial charge >= 0.3 is 0 Å². The second-order valence-corrected chi connectivity index (χ2v) is 19.2. The van der Waals surface area contributed by atoms with E-state index in [2.05, 4.69) is 312 Å². The molecule has 0 fully saturated rings. The molecular formula is C70H49N3. The van der Waals surface area contributed by atoms with Crippen molar-refractivity contribution in [3.8, 4) is 22.3 Å². The summed E-state index contributed by atoms with van der Waals surface area (Å²) in [5.41, 5.74) is 20.8. The first kappa shape index (κ1) is 42.4. The Morgan fingerprint density at radius 3 is 1.04 bits per heavy atom. The molecule has 0 saturated carbocycles. The molecule has 0 saturated heterocycles. The van der Waals surface area contributed by atoms with Gasteiger partial charge in [0, 0.05) is 28.6 Å². The van der Waals surface area contributed by atoms with Gasteiger partial charge in [0.2, 0.25) is 0 Å². The molecule has 2 aliphatic rings. The Morgan fingerprint density at radius 1 is 0.260 bits per heavy atom. The lowest BCUT2D eigenvalue weighted by Crippen LogP contribution is -2.29. The van der Waals surface area contributed by atoms with Crippen molar-refractivity contribution < 1.29 is 0 Å². The minimum atomic E-state index is -0.479. The summed E-state index contributed by atoms with van der Waals surface area (Å²) in [6, 6.07) is 107. The highest BCUT2D eigenvalue weighted by atomic mass is 15.5. The van der Waals surface area contributed by atoms with Crippen LogP contribution in [0, 0.1) is 0 Å². The zero-order valence-corrected chi connectivity index (χ0v) is 40.1. The van der Waals surface area contributed by atoms with Gasteiger partial charge in [-0.25, -0.2) is 5.01 Å². The predicted octanol–water partition coefficient (Wildman–Crippen LogP) is 17.4. The van der Waals surface area contributed by atoms with E-state index in [1.165, 1.54) is 66.8 Å². The van der Waals surface area contributed by atoms with E-state index in [4.69, 9.17) is 0 Å². The SMILES string of the molecule is c1ccc(N(c2ccc(C3(c4ccccc4)c4ccccc4-c4ccccc43)cc2)c2ccc3ccn(N(c4ccccc4)c4ccc(C5(c6ccccc6)c6ccccc6-c6ccccc65)cc4)c3c2)cc1. The van der Waals surface area contributed by atoms with Crippen molar-refractivity contribution in [2.75, 3.05) is 9.91 Å². The Balaban J connectivity index is 0.896. The smallest absolute Gasteiger partial charge is 0.0723 e. The van der Waals surface area contributed by atoms with Crippen LogP contribution in [0.2, 0.25) is 0 Å². The standard InChI is InChI=1S/C70H49N3/c1-5-21-51(22-6-1)69(64-33-17-13-29-60(64)61-30-14-18-34-65(61)69)53-38-43-56(44-39-53)72(55-25-9-3-10-26-55)59-42-37-50-47-48-71(68(50)49-59)73(57-27-11-4-12-28-57)58-45-40-54(41-46-58)70(52-23-7-2-8-24-52)66-35-19-15-31-62(66)63-32-16-20-36-67(63)70/h1-49H. The van der Waals surface area contributed by atoms with Crippen molar-refractivity contribution in [1.29, 1.82) is 0 Å². The molecule has 12 aromatic rings. The van der Waals surface area contributed by atoms with Crippen molar-refractivity contribution in [2.24, 2.45) is 0 Å². The third kappa shape index (κ3) is 6.45. The molecule has 0 unspecified atom stereocenters. The van der Waals surface area contributed by atoms with Crippen LogP contribution < -0.4 is 9.91 Å². The summed E-state index contributed by atoms with van der Waals surface area (Å²) in [5, 5.41) is 3.49. The van der Waals surface area contributed by atoms with E-state index in [1.54, 1.807) is 0 Å². The molecule has 14 rings (SSSR count). The fraction of sp³-hybridized carbons (Fsp3) is 0.0286. The van der Waals surface area contributed by atoms with Gasteiger partial charge in [0.25, 0.3) is 0 Å². The molecular weight excluding hydrogens is 883 g/mol. The van der Waals surface area contributed by atoms with Crippen LogP contribution in [-0.2, 0) is 10.8 Å². The molecule has 11 aromatic carbocycles. The van der Waals surface area contributed by atoms with Crippen molar-refractivity contribution in [3.63, 3.8) is 0 Å². The Kier molecular flexibility index (Phi) is 9.97. The normalized spacial score (nSPS) is 13.4. The molecule has 1 aromatic heterocycles. The number of aromatic nitrogens is 1. The van der Waals surface area contributed by atoms with E-state index in [9.17, 15) is 0 Å². The molecule has 344 valence electrons. The third-order valence-electron chi connectivity index (χ3n) is 15.6. The first-order chi connectivity index (χ1) is 36.2. The van der Waals surface area contributed by atoms with Gasteiger partial charge in [0.15, 0.2) is 0 Å². The van der Waals surface area contributed by atoms with Crippen LogP contribution in [-0.4, -0.2) is 4.68 Å². The fourth-order valence-corrected chi connectivity index (χ4v) is 12.5. The lowest BCUT2D eigenvalue weighted by molar-refractivity contribution is 0.767. The lowest BCUT2D eigenvalue weighted by atomic mass is 9.68. The number of anilines is 5. The predicted molar refractivity (Wildman–Crippen MR) is 302 cm³/mol. The number of hydrogen-bond donors (Lipinski definition) is 0. The largest absolute Gasteiger partial charge is 0.310 e. The maximum Gasteiger partial charge on any atom is 0.0723 e.